The van der Waals surface area contributed by atoms with Crippen molar-refractivity contribution in [3.05, 3.63) is 29.8 Å². The number of anilines is 1. The highest BCUT2D eigenvalue weighted by molar-refractivity contribution is 5.89. The number of nitrogens with zero attached hydrogens (tertiary/aromatic N) is 1. The second-order valence-electron chi connectivity index (χ2n) is 6.24. The van der Waals surface area contributed by atoms with E-state index in [2.05, 4.69) is 5.32 Å². The van der Waals surface area contributed by atoms with Crippen LogP contribution in [0.2, 0.25) is 0 Å². The molecule has 1 aromatic rings. The van der Waals surface area contributed by atoms with E-state index in [1.165, 1.54) is 0 Å². The summed E-state index contributed by atoms with van der Waals surface area (Å²) in [7, 11) is 0. The molecule has 126 valence electrons. The lowest BCUT2D eigenvalue weighted by Gasteiger charge is -2.47. The van der Waals surface area contributed by atoms with Crippen molar-refractivity contribution in [3.8, 4) is 0 Å². The fraction of sp³-hybridized carbons (Fsp3) is 0.562. The molecule has 1 spiro atoms. The van der Waals surface area contributed by atoms with Crippen molar-refractivity contribution in [2.45, 2.75) is 31.5 Å². The Labute approximate surface area is 133 Å². The SMILES string of the molecule is C[C@H]1CN(C(=O)Nc2cc(F)cc(F)c2)C[C@]2(CCCOC2)O1. The largest absolute Gasteiger partial charge is 0.378 e. The molecule has 0 aromatic heterocycles. The Morgan fingerprint density at radius 1 is 1.35 bits per heavy atom. The summed E-state index contributed by atoms with van der Waals surface area (Å²) in [6, 6.07) is 2.55. The summed E-state index contributed by atoms with van der Waals surface area (Å²) in [4.78, 5) is 14.1. The molecule has 2 heterocycles. The van der Waals surface area contributed by atoms with Gasteiger partial charge in [0.05, 0.1) is 19.3 Å². The maximum absolute atomic E-state index is 13.2. The van der Waals surface area contributed by atoms with Gasteiger partial charge in [-0.1, -0.05) is 0 Å². The lowest BCUT2D eigenvalue weighted by atomic mass is 9.93. The number of morpholine rings is 1. The van der Waals surface area contributed by atoms with Gasteiger partial charge in [-0.15, -0.1) is 0 Å². The average molecular weight is 326 g/mol. The number of halogens is 2. The van der Waals surface area contributed by atoms with Crippen molar-refractivity contribution in [2.24, 2.45) is 0 Å². The Bertz CT molecular complexity index is 570. The lowest BCUT2D eigenvalue weighted by Crippen LogP contribution is -2.60. The van der Waals surface area contributed by atoms with Gasteiger partial charge in [0.15, 0.2) is 0 Å². The van der Waals surface area contributed by atoms with Gasteiger partial charge >= 0.3 is 6.03 Å². The normalized spacial score (nSPS) is 28.0. The van der Waals surface area contributed by atoms with Crippen LogP contribution in [0.3, 0.4) is 0 Å². The molecule has 2 saturated heterocycles. The molecule has 2 fully saturated rings. The zero-order chi connectivity index (χ0) is 16.4. The lowest BCUT2D eigenvalue weighted by molar-refractivity contribution is -0.187. The van der Waals surface area contributed by atoms with E-state index in [4.69, 9.17) is 9.47 Å². The molecule has 2 aliphatic rings. The van der Waals surface area contributed by atoms with Gasteiger partial charge in [0.25, 0.3) is 0 Å². The Hall–Kier alpha value is -1.73. The smallest absolute Gasteiger partial charge is 0.322 e. The Morgan fingerprint density at radius 2 is 2.09 bits per heavy atom. The van der Waals surface area contributed by atoms with E-state index in [1.54, 1.807) is 4.90 Å². The highest BCUT2D eigenvalue weighted by Gasteiger charge is 2.42. The number of amides is 2. The summed E-state index contributed by atoms with van der Waals surface area (Å²) in [5.74, 6) is -1.46. The number of carbonyl (C=O) groups excluding carboxylic acids is 1. The zero-order valence-electron chi connectivity index (χ0n) is 13.0. The van der Waals surface area contributed by atoms with Crippen LogP contribution in [0.25, 0.3) is 0 Å². The monoisotopic (exact) mass is 326 g/mol. The van der Waals surface area contributed by atoms with Crippen LogP contribution in [0.1, 0.15) is 19.8 Å². The van der Waals surface area contributed by atoms with Crippen molar-refractivity contribution in [1.29, 1.82) is 0 Å². The molecule has 23 heavy (non-hydrogen) atoms. The van der Waals surface area contributed by atoms with Crippen LogP contribution in [-0.4, -0.2) is 48.9 Å². The predicted octanol–water partition coefficient (Wildman–Crippen LogP) is 2.77. The number of hydrogen-bond donors (Lipinski definition) is 1. The minimum atomic E-state index is -0.729. The number of nitrogens with one attached hydrogen (secondary N) is 1. The number of rotatable bonds is 1. The van der Waals surface area contributed by atoms with Gasteiger partial charge in [0.1, 0.15) is 17.2 Å². The van der Waals surface area contributed by atoms with Crippen molar-refractivity contribution < 1.29 is 23.0 Å². The van der Waals surface area contributed by atoms with Crippen LogP contribution < -0.4 is 5.32 Å². The fourth-order valence-electron chi connectivity index (χ4n) is 3.25. The third kappa shape index (κ3) is 3.79. The second-order valence-corrected chi connectivity index (χ2v) is 6.24. The quantitative estimate of drug-likeness (QED) is 0.863. The number of ether oxygens (including phenoxy) is 2. The van der Waals surface area contributed by atoms with Gasteiger partial charge in [-0.05, 0) is 31.9 Å². The molecule has 0 saturated carbocycles. The molecule has 7 heteroatoms. The van der Waals surface area contributed by atoms with Crippen molar-refractivity contribution in [2.75, 3.05) is 31.6 Å². The Morgan fingerprint density at radius 3 is 2.74 bits per heavy atom. The molecule has 2 amide bonds. The molecule has 1 aromatic carbocycles. The molecule has 0 unspecified atom stereocenters. The van der Waals surface area contributed by atoms with Crippen LogP contribution in [0.4, 0.5) is 19.3 Å². The summed E-state index contributed by atoms with van der Waals surface area (Å²) >= 11 is 0. The number of hydrogen-bond acceptors (Lipinski definition) is 3. The number of benzene rings is 1. The minimum absolute atomic E-state index is 0.0978. The standard InChI is InChI=1S/C16H20F2N2O3/c1-11-8-20(9-16(23-11)3-2-4-22-10-16)15(21)19-14-6-12(17)5-13(18)7-14/h5-7,11H,2-4,8-10H2,1H3,(H,19,21)/t11-,16-/m0/s1. The third-order valence-electron chi connectivity index (χ3n) is 4.09. The Balaban J connectivity index is 1.70. The van der Waals surface area contributed by atoms with Crippen LogP contribution in [-0.2, 0) is 9.47 Å². The molecule has 2 atom stereocenters. The van der Waals surface area contributed by atoms with E-state index in [9.17, 15) is 13.6 Å². The maximum atomic E-state index is 13.2. The van der Waals surface area contributed by atoms with Crippen molar-refractivity contribution in [3.63, 3.8) is 0 Å². The molecule has 3 rings (SSSR count). The van der Waals surface area contributed by atoms with Crippen LogP contribution in [0, 0.1) is 11.6 Å². The first kappa shape index (κ1) is 16.1. The van der Waals surface area contributed by atoms with E-state index in [0.29, 0.717) is 26.3 Å². The van der Waals surface area contributed by atoms with E-state index >= 15 is 0 Å². The van der Waals surface area contributed by atoms with Crippen LogP contribution >= 0.6 is 0 Å². The Kier molecular flexibility index (Phi) is 4.50. The predicted molar refractivity (Wildman–Crippen MR) is 80.3 cm³/mol. The average Bonchev–Trinajstić information content (AvgIpc) is 2.46. The highest BCUT2D eigenvalue weighted by atomic mass is 19.1. The molecule has 0 aliphatic carbocycles. The topological polar surface area (TPSA) is 50.8 Å². The number of carbonyl (C=O) groups is 1. The minimum Gasteiger partial charge on any atom is -0.378 e. The molecular formula is C16H20F2N2O3. The summed E-state index contributed by atoms with van der Waals surface area (Å²) in [5.41, 5.74) is -0.388. The van der Waals surface area contributed by atoms with E-state index < -0.39 is 23.3 Å². The first-order chi connectivity index (χ1) is 11.0. The first-order valence-corrected chi connectivity index (χ1v) is 7.73. The van der Waals surface area contributed by atoms with Gasteiger partial charge in [0, 0.05) is 24.9 Å². The van der Waals surface area contributed by atoms with E-state index in [-0.39, 0.29) is 11.8 Å². The van der Waals surface area contributed by atoms with Crippen LogP contribution in [0.15, 0.2) is 18.2 Å². The van der Waals surface area contributed by atoms with Gasteiger partial charge in [-0.2, -0.15) is 0 Å². The van der Waals surface area contributed by atoms with Gasteiger partial charge in [0.2, 0.25) is 0 Å². The highest BCUT2D eigenvalue weighted by Crippen LogP contribution is 2.30. The summed E-state index contributed by atoms with van der Waals surface area (Å²) in [6.07, 6.45) is 1.59. The van der Waals surface area contributed by atoms with Gasteiger partial charge in [-0.3, -0.25) is 0 Å². The molecular weight excluding hydrogens is 306 g/mol. The summed E-state index contributed by atoms with van der Waals surface area (Å²) in [6.45, 7) is 3.88. The zero-order valence-corrected chi connectivity index (χ0v) is 13.0. The molecule has 1 N–H and O–H groups in total. The third-order valence-corrected chi connectivity index (χ3v) is 4.09. The molecule has 0 bridgehead atoms. The fourth-order valence-corrected chi connectivity index (χ4v) is 3.25. The van der Waals surface area contributed by atoms with Crippen molar-refractivity contribution in [1.82, 2.24) is 4.90 Å². The van der Waals surface area contributed by atoms with Crippen molar-refractivity contribution >= 4 is 11.7 Å². The maximum Gasteiger partial charge on any atom is 0.322 e. The molecule has 2 aliphatic heterocycles. The van der Waals surface area contributed by atoms with E-state index in [0.717, 1.165) is 31.0 Å². The van der Waals surface area contributed by atoms with E-state index in [1.807, 2.05) is 6.92 Å². The van der Waals surface area contributed by atoms with Gasteiger partial charge < -0.3 is 19.7 Å². The summed E-state index contributed by atoms with van der Waals surface area (Å²) in [5, 5.41) is 2.55. The number of urea groups is 1. The van der Waals surface area contributed by atoms with Crippen LogP contribution in [0.5, 0.6) is 0 Å². The summed E-state index contributed by atoms with van der Waals surface area (Å²) < 4.78 is 38.0. The molecule has 0 radical (unpaired) electrons. The first-order valence-electron chi connectivity index (χ1n) is 7.73. The van der Waals surface area contributed by atoms with Gasteiger partial charge in [-0.25, -0.2) is 13.6 Å². The molecule has 5 nitrogen and oxygen atoms in total. The second kappa shape index (κ2) is 6.41.